The number of methoxy groups -OCH3 is 1. The van der Waals surface area contributed by atoms with Crippen molar-refractivity contribution in [2.75, 3.05) is 31.6 Å². The van der Waals surface area contributed by atoms with Gasteiger partial charge in [0, 0.05) is 32.1 Å². The first-order chi connectivity index (χ1) is 18.0. The van der Waals surface area contributed by atoms with Crippen LogP contribution in [-0.2, 0) is 9.59 Å². The zero-order valence-electron chi connectivity index (χ0n) is 24.1. The van der Waals surface area contributed by atoms with Crippen LogP contribution in [0.2, 0.25) is 0 Å². The number of carbonyl (C=O) groups excluding carboxylic acids is 2. The third-order valence-corrected chi connectivity index (χ3v) is 7.83. The number of nitrogens with zero attached hydrogens (tertiary/aromatic N) is 4. The van der Waals surface area contributed by atoms with Gasteiger partial charge in [-0.15, -0.1) is 0 Å². The molecule has 5 unspecified atom stereocenters. The molecule has 38 heavy (non-hydrogen) atoms. The molecule has 7 heteroatoms. The van der Waals surface area contributed by atoms with Gasteiger partial charge < -0.3 is 9.64 Å². The summed E-state index contributed by atoms with van der Waals surface area (Å²) in [6.07, 6.45) is 9.45. The summed E-state index contributed by atoms with van der Waals surface area (Å²) in [5.74, 6) is 1.64. The summed E-state index contributed by atoms with van der Waals surface area (Å²) in [7, 11) is 1.62. The molecule has 0 bridgehead atoms. The van der Waals surface area contributed by atoms with E-state index in [1.54, 1.807) is 12.0 Å². The summed E-state index contributed by atoms with van der Waals surface area (Å²) >= 11 is 0. The molecule has 1 aliphatic carbocycles. The monoisotopic (exact) mass is 520 g/mol. The molecule has 206 valence electrons. The number of ether oxygens (including phenoxy) is 1. The van der Waals surface area contributed by atoms with Gasteiger partial charge in [-0.3, -0.25) is 24.4 Å². The van der Waals surface area contributed by atoms with E-state index in [1.165, 1.54) is 0 Å². The van der Waals surface area contributed by atoms with Crippen LogP contribution in [0.25, 0.3) is 0 Å². The molecule has 0 spiro atoms. The molecule has 3 aliphatic rings. The van der Waals surface area contributed by atoms with Gasteiger partial charge in [-0.25, -0.2) is 0 Å². The molecule has 1 aromatic carbocycles. The minimum Gasteiger partial charge on any atom is -0.495 e. The van der Waals surface area contributed by atoms with E-state index in [0.29, 0.717) is 30.3 Å². The number of rotatable bonds is 7. The lowest BCUT2D eigenvalue weighted by Gasteiger charge is -2.45. The smallest absolute Gasteiger partial charge is 0.242 e. The Morgan fingerprint density at radius 3 is 2.53 bits per heavy atom. The molecular weight excluding hydrogens is 476 g/mol. The molecule has 0 saturated carbocycles. The fourth-order valence-electron chi connectivity index (χ4n) is 6.18. The molecule has 1 aromatic rings. The second kappa shape index (κ2) is 11.4. The quantitative estimate of drug-likeness (QED) is 0.511. The lowest BCUT2D eigenvalue weighted by atomic mass is 9.84. The highest BCUT2D eigenvalue weighted by Gasteiger charge is 2.42. The van der Waals surface area contributed by atoms with Gasteiger partial charge in [0.1, 0.15) is 11.6 Å². The molecule has 2 heterocycles. The fraction of sp³-hybridized carbons (Fsp3) is 0.581. The standard InChI is InChI=1S/C31H44N4O3/c1-21(19-31(4,5)6)18-28(36)34-17-16-33(20-22(34)2)23(3)29-32-25-13-9-8-12-24(25)30(37)35(29)26-14-10-11-15-27(26)38-7/h8-15,21-25H,16-20H2,1-7H3. The fourth-order valence-corrected chi connectivity index (χ4v) is 6.18. The maximum atomic E-state index is 13.9. The molecule has 4 rings (SSSR count). The topological polar surface area (TPSA) is 65.5 Å². The lowest BCUT2D eigenvalue weighted by molar-refractivity contribution is -0.136. The summed E-state index contributed by atoms with van der Waals surface area (Å²) in [4.78, 5) is 38.3. The van der Waals surface area contributed by atoms with Crippen molar-refractivity contribution in [1.29, 1.82) is 0 Å². The highest BCUT2D eigenvalue weighted by molar-refractivity contribution is 6.22. The summed E-state index contributed by atoms with van der Waals surface area (Å²) in [5.41, 5.74) is 0.925. The zero-order valence-corrected chi connectivity index (χ0v) is 24.1. The van der Waals surface area contributed by atoms with E-state index in [2.05, 4.69) is 46.4 Å². The summed E-state index contributed by atoms with van der Waals surface area (Å²) in [5, 5.41) is 0. The highest BCUT2D eigenvalue weighted by Crippen LogP contribution is 2.35. The average Bonchev–Trinajstić information content (AvgIpc) is 2.87. The predicted octanol–water partition coefficient (Wildman–Crippen LogP) is 4.93. The minimum absolute atomic E-state index is 0.00616. The van der Waals surface area contributed by atoms with Gasteiger partial charge in [-0.05, 0) is 43.7 Å². The molecule has 0 radical (unpaired) electrons. The van der Waals surface area contributed by atoms with Crippen LogP contribution in [0.5, 0.6) is 5.75 Å². The molecule has 2 amide bonds. The Hall–Kier alpha value is -2.93. The van der Waals surface area contributed by atoms with Crippen molar-refractivity contribution < 1.29 is 14.3 Å². The third kappa shape index (κ3) is 6.04. The van der Waals surface area contributed by atoms with Crippen molar-refractivity contribution in [1.82, 2.24) is 9.80 Å². The Morgan fingerprint density at radius 1 is 1.13 bits per heavy atom. The van der Waals surface area contributed by atoms with Crippen LogP contribution in [-0.4, -0.2) is 72.3 Å². The number of hydrogen-bond acceptors (Lipinski definition) is 5. The van der Waals surface area contributed by atoms with Crippen molar-refractivity contribution in [3.63, 3.8) is 0 Å². The van der Waals surface area contributed by atoms with Gasteiger partial charge in [0.25, 0.3) is 0 Å². The van der Waals surface area contributed by atoms with E-state index in [-0.39, 0.29) is 41.3 Å². The van der Waals surface area contributed by atoms with Crippen LogP contribution >= 0.6 is 0 Å². The number of fused-ring (bicyclic) bond motifs is 1. The first kappa shape index (κ1) is 28.1. The minimum atomic E-state index is -0.329. The van der Waals surface area contributed by atoms with Crippen LogP contribution in [0.3, 0.4) is 0 Å². The molecule has 1 saturated heterocycles. The summed E-state index contributed by atoms with van der Waals surface area (Å²) in [6.45, 7) is 15.3. The van der Waals surface area contributed by atoms with Gasteiger partial charge >= 0.3 is 0 Å². The Bertz CT molecular complexity index is 1120. The highest BCUT2D eigenvalue weighted by atomic mass is 16.5. The van der Waals surface area contributed by atoms with E-state index in [9.17, 15) is 9.59 Å². The molecule has 5 atom stereocenters. The van der Waals surface area contributed by atoms with Crippen molar-refractivity contribution in [2.45, 2.75) is 72.5 Å². The second-order valence-corrected chi connectivity index (χ2v) is 12.3. The van der Waals surface area contributed by atoms with Crippen LogP contribution in [0.1, 0.15) is 54.4 Å². The molecule has 0 N–H and O–H groups in total. The molecule has 7 nitrogen and oxygen atoms in total. The number of amides is 2. The average molecular weight is 521 g/mol. The van der Waals surface area contributed by atoms with Gasteiger partial charge in [-0.2, -0.15) is 0 Å². The number of carbonyl (C=O) groups is 2. The van der Waals surface area contributed by atoms with Crippen molar-refractivity contribution in [3.05, 3.63) is 48.6 Å². The van der Waals surface area contributed by atoms with Crippen LogP contribution < -0.4 is 9.64 Å². The Kier molecular flexibility index (Phi) is 8.46. The van der Waals surface area contributed by atoms with Crippen LogP contribution in [0.15, 0.2) is 53.6 Å². The number of para-hydroxylation sites is 2. The second-order valence-electron chi connectivity index (χ2n) is 12.3. The number of anilines is 1. The van der Waals surface area contributed by atoms with E-state index in [4.69, 9.17) is 9.73 Å². The van der Waals surface area contributed by atoms with Crippen molar-refractivity contribution in [3.8, 4) is 5.75 Å². The van der Waals surface area contributed by atoms with Crippen molar-refractivity contribution in [2.24, 2.45) is 22.2 Å². The Morgan fingerprint density at radius 2 is 1.84 bits per heavy atom. The van der Waals surface area contributed by atoms with Gasteiger partial charge in [-0.1, -0.05) is 64.1 Å². The Labute approximate surface area is 228 Å². The first-order valence-corrected chi connectivity index (χ1v) is 13.9. The number of aliphatic imine (C=N–C) groups is 1. The predicted molar refractivity (Wildman–Crippen MR) is 154 cm³/mol. The number of amidine groups is 1. The molecule has 1 fully saturated rings. The van der Waals surface area contributed by atoms with Crippen molar-refractivity contribution >= 4 is 23.3 Å². The maximum absolute atomic E-state index is 13.9. The zero-order chi connectivity index (χ0) is 27.6. The number of allylic oxidation sites excluding steroid dienone is 2. The summed E-state index contributed by atoms with van der Waals surface area (Å²) < 4.78 is 5.64. The summed E-state index contributed by atoms with van der Waals surface area (Å²) in [6, 6.07) is 7.39. The largest absolute Gasteiger partial charge is 0.495 e. The van der Waals surface area contributed by atoms with Gasteiger partial charge in [0.2, 0.25) is 11.8 Å². The SMILES string of the molecule is COc1ccccc1N1C(=O)C2C=CC=CC2N=C1C(C)N1CCN(C(=O)CC(C)CC(C)(C)C)C(C)C1. The Balaban J connectivity index is 1.54. The van der Waals surface area contributed by atoms with Gasteiger partial charge in [0.15, 0.2) is 0 Å². The number of piperazine rings is 1. The molecular formula is C31H44N4O3. The van der Waals surface area contributed by atoms with Crippen LogP contribution in [0, 0.1) is 17.3 Å². The van der Waals surface area contributed by atoms with E-state index >= 15 is 0 Å². The third-order valence-electron chi connectivity index (χ3n) is 7.83. The van der Waals surface area contributed by atoms with Crippen LogP contribution in [0.4, 0.5) is 5.69 Å². The maximum Gasteiger partial charge on any atom is 0.242 e. The van der Waals surface area contributed by atoms with E-state index in [1.807, 2.05) is 53.5 Å². The van der Waals surface area contributed by atoms with E-state index in [0.717, 1.165) is 25.3 Å². The number of hydrogen-bond donors (Lipinski definition) is 0. The van der Waals surface area contributed by atoms with Gasteiger partial charge in [0.05, 0.1) is 30.8 Å². The molecule has 0 aromatic heterocycles. The lowest BCUT2D eigenvalue weighted by Crippen LogP contribution is -2.61. The van der Waals surface area contributed by atoms with E-state index < -0.39 is 0 Å². The molecule has 2 aliphatic heterocycles. The first-order valence-electron chi connectivity index (χ1n) is 13.9. The normalized spacial score (nSPS) is 25.6. The number of benzene rings is 1.